The van der Waals surface area contributed by atoms with E-state index >= 15 is 0 Å². The van der Waals surface area contributed by atoms with E-state index in [-0.39, 0.29) is 31.3 Å². The first-order valence-electron chi connectivity index (χ1n) is 6.90. The Hall–Kier alpha value is -2.05. The zero-order valence-electron chi connectivity index (χ0n) is 12.5. The molecule has 7 heteroatoms. The first-order valence-corrected chi connectivity index (χ1v) is 6.90. The van der Waals surface area contributed by atoms with Gasteiger partial charge in [-0.2, -0.15) is 13.2 Å². The first-order chi connectivity index (χ1) is 10.2. The maximum absolute atomic E-state index is 12.6. The number of halogens is 3. The second-order valence-electron chi connectivity index (χ2n) is 5.17. The smallest absolute Gasteiger partial charge is 0.354 e. The lowest BCUT2D eigenvalue weighted by Crippen LogP contribution is -2.36. The molecule has 0 spiro atoms. The molecule has 4 nitrogen and oxygen atoms in total. The average molecular weight is 316 g/mol. The minimum atomic E-state index is -4.42. The molecule has 22 heavy (non-hydrogen) atoms. The van der Waals surface area contributed by atoms with Crippen LogP contribution in [0, 0.1) is 5.92 Å². The number of rotatable bonds is 6. The number of alkyl halides is 3. The van der Waals surface area contributed by atoms with Gasteiger partial charge in [0.1, 0.15) is 0 Å². The van der Waals surface area contributed by atoms with Crippen LogP contribution >= 0.6 is 0 Å². The van der Waals surface area contributed by atoms with Gasteiger partial charge >= 0.3 is 6.18 Å². The Morgan fingerprint density at radius 2 is 1.77 bits per heavy atom. The number of hydrogen-bond acceptors (Lipinski definition) is 2. The lowest BCUT2D eigenvalue weighted by molar-refractivity contribution is -0.137. The molecule has 2 N–H and O–H groups in total. The summed E-state index contributed by atoms with van der Waals surface area (Å²) < 4.78 is 37.7. The summed E-state index contributed by atoms with van der Waals surface area (Å²) in [6.45, 7) is 4.02. The van der Waals surface area contributed by atoms with E-state index in [4.69, 9.17) is 0 Å². The highest BCUT2D eigenvalue weighted by Gasteiger charge is 2.30. The number of carbonyl (C=O) groups is 2. The van der Waals surface area contributed by atoms with E-state index in [1.807, 2.05) is 0 Å². The molecule has 0 aromatic heterocycles. The summed E-state index contributed by atoms with van der Waals surface area (Å²) in [7, 11) is 0. The van der Waals surface area contributed by atoms with E-state index in [0.29, 0.717) is 5.56 Å². The van der Waals surface area contributed by atoms with E-state index < -0.39 is 17.6 Å². The molecule has 0 aliphatic rings. The number of hydrogen-bond donors (Lipinski definition) is 2. The highest BCUT2D eigenvalue weighted by Crippen LogP contribution is 2.29. The molecule has 0 unspecified atom stereocenters. The third-order valence-corrected chi connectivity index (χ3v) is 2.89. The largest absolute Gasteiger partial charge is 0.416 e. The van der Waals surface area contributed by atoms with Crippen molar-refractivity contribution in [3.05, 3.63) is 35.4 Å². The number of amides is 2. The van der Waals surface area contributed by atoms with Gasteiger partial charge in [0.25, 0.3) is 0 Å². The van der Waals surface area contributed by atoms with Gasteiger partial charge in [0.05, 0.1) is 12.0 Å². The molecule has 0 fully saturated rings. The second-order valence-corrected chi connectivity index (χ2v) is 5.17. The van der Waals surface area contributed by atoms with Crippen LogP contribution in [0.2, 0.25) is 0 Å². The van der Waals surface area contributed by atoms with Crippen molar-refractivity contribution in [1.82, 2.24) is 10.6 Å². The maximum atomic E-state index is 12.6. The van der Waals surface area contributed by atoms with Crippen molar-refractivity contribution >= 4 is 11.8 Å². The van der Waals surface area contributed by atoms with Gasteiger partial charge in [-0.3, -0.25) is 9.59 Å². The zero-order valence-corrected chi connectivity index (χ0v) is 12.5. The lowest BCUT2D eigenvalue weighted by Gasteiger charge is -2.10. The Bertz CT molecular complexity index is 528. The van der Waals surface area contributed by atoms with Crippen LogP contribution < -0.4 is 10.6 Å². The van der Waals surface area contributed by atoms with Gasteiger partial charge in [0.15, 0.2) is 0 Å². The molecular formula is C15H19F3N2O2. The standard InChI is InChI=1S/C15H19F3N2O2/c1-10(2)14(22)20-7-6-19-13(21)9-11-4-3-5-12(8-11)15(16,17)18/h3-5,8,10H,6-7,9H2,1-2H3,(H,19,21)(H,20,22). The third-order valence-electron chi connectivity index (χ3n) is 2.89. The fraction of sp³-hybridized carbons (Fsp3) is 0.467. The molecule has 0 aliphatic carbocycles. The second kappa shape index (κ2) is 7.82. The van der Waals surface area contributed by atoms with Crippen LogP contribution in [-0.4, -0.2) is 24.9 Å². The molecule has 2 amide bonds. The van der Waals surface area contributed by atoms with Crippen molar-refractivity contribution < 1.29 is 22.8 Å². The van der Waals surface area contributed by atoms with Crippen molar-refractivity contribution in [3.63, 3.8) is 0 Å². The molecule has 0 heterocycles. The zero-order chi connectivity index (χ0) is 16.8. The van der Waals surface area contributed by atoms with Gasteiger partial charge in [0, 0.05) is 19.0 Å². The predicted molar refractivity (Wildman–Crippen MR) is 76.0 cm³/mol. The molecule has 0 atom stereocenters. The Morgan fingerprint density at radius 1 is 1.14 bits per heavy atom. The molecule has 1 rings (SSSR count). The normalized spacial score (nSPS) is 11.4. The average Bonchev–Trinajstić information content (AvgIpc) is 2.42. The van der Waals surface area contributed by atoms with Crippen LogP contribution in [0.25, 0.3) is 0 Å². The minimum absolute atomic E-state index is 0.118. The van der Waals surface area contributed by atoms with Crippen molar-refractivity contribution in [2.45, 2.75) is 26.4 Å². The van der Waals surface area contributed by atoms with Crippen molar-refractivity contribution in [3.8, 4) is 0 Å². The summed E-state index contributed by atoms with van der Waals surface area (Å²) >= 11 is 0. The number of nitrogens with one attached hydrogen (secondary N) is 2. The number of carbonyl (C=O) groups excluding carboxylic acids is 2. The lowest BCUT2D eigenvalue weighted by atomic mass is 10.1. The van der Waals surface area contributed by atoms with Gasteiger partial charge in [-0.25, -0.2) is 0 Å². The summed E-state index contributed by atoms with van der Waals surface area (Å²) in [4.78, 5) is 22.9. The van der Waals surface area contributed by atoms with E-state index in [1.54, 1.807) is 13.8 Å². The summed E-state index contributed by atoms with van der Waals surface area (Å²) in [6.07, 6.45) is -4.56. The van der Waals surface area contributed by atoms with E-state index in [2.05, 4.69) is 10.6 Å². The van der Waals surface area contributed by atoms with Crippen LogP contribution in [0.4, 0.5) is 13.2 Å². The van der Waals surface area contributed by atoms with Crippen molar-refractivity contribution in [1.29, 1.82) is 0 Å². The van der Waals surface area contributed by atoms with E-state index in [9.17, 15) is 22.8 Å². The SMILES string of the molecule is CC(C)C(=O)NCCNC(=O)Cc1cccc(C(F)(F)F)c1. The van der Waals surface area contributed by atoms with Crippen LogP contribution in [-0.2, 0) is 22.2 Å². The topological polar surface area (TPSA) is 58.2 Å². The molecule has 1 aromatic rings. The van der Waals surface area contributed by atoms with Gasteiger partial charge in [0.2, 0.25) is 11.8 Å². The molecule has 122 valence electrons. The first kappa shape index (κ1) is 18.0. The van der Waals surface area contributed by atoms with Crippen LogP contribution in [0.15, 0.2) is 24.3 Å². The molecular weight excluding hydrogens is 297 g/mol. The summed E-state index contributed by atoms with van der Waals surface area (Å²) in [6, 6.07) is 4.66. The summed E-state index contributed by atoms with van der Waals surface area (Å²) in [5.74, 6) is -0.647. The fourth-order valence-electron chi connectivity index (χ4n) is 1.70. The molecule has 0 radical (unpaired) electrons. The number of benzene rings is 1. The Morgan fingerprint density at radius 3 is 2.36 bits per heavy atom. The third kappa shape index (κ3) is 6.15. The maximum Gasteiger partial charge on any atom is 0.416 e. The van der Waals surface area contributed by atoms with Crippen LogP contribution in [0.5, 0.6) is 0 Å². The summed E-state index contributed by atoms with van der Waals surface area (Å²) in [5.41, 5.74) is -0.486. The molecule has 1 aromatic carbocycles. The Balaban J connectivity index is 2.41. The molecule has 0 bridgehead atoms. The Labute approximate surface area is 127 Å². The van der Waals surface area contributed by atoms with Gasteiger partial charge < -0.3 is 10.6 Å². The molecule has 0 aliphatic heterocycles. The minimum Gasteiger partial charge on any atom is -0.354 e. The monoisotopic (exact) mass is 316 g/mol. The van der Waals surface area contributed by atoms with Gasteiger partial charge in [-0.05, 0) is 11.6 Å². The van der Waals surface area contributed by atoms with Crippen LogP contribution in [0.3, 0.4) is 0 Å². The van der Waals surface area contributed by atoms with Crippen LogP contribution in [0.1, 0.15) is 25.0 Å². The summed E-state index contributed by atoms with van der Waals surface area (Å²) in [5, 5.41) is 5.18. The van der Waals surface area contributed by atoms with Gasteiger partial charge in [-0.15, -0.1) is 0 Å². The molecule has 0 saturated carbocycles. The van der Waals surface area contributed by atoms with Crippen molar-refractivity contribution in [2.24, 2.45) is 5.92 Å². The van der Waals surface area contributed by atoms with Gasteiger partial charge in [-0.1, -0.05) is 32.0 Å². The molecule has 0 saturated heterocycles. The van der Waals surface area contributed by atoms with Crippen molar-refractivity contribution in [2.75, 3.05) is 13.1 Å². The Kier molecular flexibility index (Phi) is 6.39. The highest BCUT2D eigenvalue weighted by atomic mass is 19.4. The van der Waals surface area contributed by atoms with E-state index in [0.717, 1.165) is 12.1 Å². The predicted octanol–water partition coefficient (Wildman–Crippen LogP) is 2.14. The quantitative estimate of drug-likeness (QED) is 0.790. The fourth-order valence-corrected chi connectivity index (χ4v) is 1.70. The highest BCUT2D eigenvalue weighted by molar-refractivity contribution is 5.79. The van der Waals surface area contributed by atoms with E-state index in [1.165, 1.54) is 12.1 Å².